The van der Waals surface area contributed by atoms with Crippen LogP contribution in [0.15, 0.2) is 30.3 Å². The molecule has 0 saturated carbocycles. The smallest absolute Gasteiger partial charge is 0.239 e. The second-order valence-corrected chi connectivity index (χ2v) is 5.18. The molecule has 1 rings (SSSR count). The number of ether oxygens (including phenoxy) is 1. The van der Waals surface area contributed by atoms with Gasteiger partial charge < -0.3 is 15.8 Å². The SMILES string of the molecule is CC(C)(N)C(=O)NCCCOCCc1ccccc1. The van der Waals surface area contributed by atoms with Crippen LogP contribution in [0.2, 0.25) is 0 Å². The monoisotopic (exact) mass is 264 g/mol. The van der Waals surface area contributed by atoms with Crippen molar-refractivity contribution in [3.05, 3.63) is 35.9 Å². The first kappa shape index (κ1) is 15.7. The lowest BCUT2D eigenvalue weighted by Gasteiger charge is -2.17. The number of amides is 1. The number of hydrogen-bond acceptors (Lipinski definition) is 3. The first-order chi connectivity index (χ1) is 9.00. The predicted octanol–water partition coefficient (Wildman–Crippen LogP) is 1.49. The molecule has 0 radical (unpaired) electrons. The zero-order valence-electron chi connectivity index (χ0n) is 11.8. The van der Waals surface area contributed by atoms with Gasteiger partial charge in [0, 0.05) is 13.2 Å². The largest absolute Gasteiger partial charge is 0.381 e. The van der Waals surface area contributed by atoms with Crippen molar-refractivity contribution in [3.63, 3.8) is 0 Å². The van der Waals surface area contributed by atoms with Crippen molar-refractivity contribution in [3.8, 4) is 0 Å². The molecular formula is C15H24N2O2. The lowest BCUT2D eigenvalue weighted by molar-refractivity contribution is -0.125. The van der Waals surface area contributed by atoms with Crippen LogP contribution in [-0.2, 0) is 16.0 Å². The van der Waals surface area contributed by atoms with Gasteiger partial charge in [-0.2, -0.15) is 0 Å². The van der Waals surface area contributed by atoms with Gasteiger partial charge in [-0.15, -0.1) is 0 Å². The van der Waals surface area contributed by atoms with E-state index < -0.39 is 5.54 Å². The van der Waals surface area contributed by atoms with E-state index in [-0.39, 0.29) is 5.91 Å². The number of nitrogens with two attached hydrogens (primary N) is 1. The topological polar surface area (TPSA) is 64.4 Å². The first-order valence-corrected chi connectivity index (χ1v) is 6.69. The van der Waals surface area contributed by atoms with E-state index in [9.17, 15) is 4.79 Å². The molecule has 1 amide bonds. The number of hydrogen-bond donors (Lipinski definition) is 2. The lowest BCUT2D eigenvalue weighted by Crippen LogP contribution is -2.49. The Kier molecular flexibility index (Phi) is 6.53. The molecule has 1 aromatic rings. The van der Waals surface area contributed by atoms with E-state index in [1.807, 2.05) is 18.2 Å². The second-order valence-electron chi connectivity index (χ2n) is 5.18. The van der Waals surface area contributed by atoms with Crippen LogP contribution in [0.1, 0.15) is 25.8 Å². The zero-order chi connectivity index (χ0) is 14.1. The Balaban J connectivity index is 1.99. The van der Waals surface area contributed by atoms with Crippen LogP contribution in [0, 0.1) is 0 Å². The summed E-state index contributed by atoms with van der Waals surface area (Å²) >= 11 is 0. The Bertz CT molecular complexity index is 371. The zero-order valence-corrected chi connectivity index (χ0v) is 11.8. The molecule has 4 heteroatoms. The fraction of sp³-hybridized carbons (Fsp3) is 0.533. The average Bonchev–Trinajstić information content (AvgIpc) is 2.37. The Labute approximate surface area is 115 Å². The van der Waals surface area contributed by atoms with E-state index in [2.05, 4.69) is 17.4 Å². The van der Waals surface area contributed by atoms with E-state index in [0.29, 0.717) is 19.8 Å². The highest BCUT2D eigenvalue weighted by atomic mass is 16.5. The summed E-state index contributed by atoms with van der Waals surface area (Å²) in [4.78, 5) is 11.5. The molecule has 0 aliphatic rings. The Morgan fingerprint density at radius 3 is 2.58 bits per heavy atom. The summed E-state index contributed by atoms with van der Waals surface area (Å²) in [5, 5.41) is 2.79. The molecule has 19 heavy (non-hydrogen) atoms. The van der Waals surface area contributed by atoms with Gasteiger partial charge in [0.15, 0.2) is 0 Å². The molecule has 106 valence electrons. The number of carbonyl (C=O) groups excluding carboxylic acids is 1. The summed E-state index contributed by atoms with van der Waals surface area (Å²) in [6, 6.07) is 10.2. The summed E-state index contributed by atoms with van der Waals surface area (Å²) < 4.78 is 5.52. The van der Waals surface area contributed by atoms with Crippen molar-refractivity contribution in [1.29, 1.82) is 0 Å². The van der Waals surface area contributed by atoms with Crippen molar-refractivity contribution in [2.24, 2.45) is 5.73 Å². The van der Waals surface area contributed by atoms with Gasteiger partial charge >= 0.3 is 0 Å². The van der Waals surface area contributed by atoms with Crippen LogP contribution < -0.4 is 11.1 Å². The van der Waals surface area contributed by atoms with E-state index >= 15 is 0 Å². The highest BCUT2D eigenvalue weighted by Crippen LogP contribution is 2.00. The predicted molar refractivity (Wildman–Crippen MR) is 76.9 cm³/mol. The van der Waals surface area contributed by atoms with Crippen molar-refractivity contribution in [2.75, 3.05) is 19.8 Å². The maximum Gasteiger partial charge on any atom is 0.239 e. The Morgan fingerprint density at radius 2 is 1.95 bits per heavy atom. The van der Waals surface area contributed by atoms with E-state index in [1.165, 1.54) is 5.56 Å². The van der Waals surface area contributed by atoms with Crippen LogP contribution in [-0.4, -0.2) is 31.2 Å². The Hall–Kier alpha value is -1.39. The summed E-state index contributed by atoms with van der Waals surface area (Å²) in [7, 11) is 0. The molecule has 3 N–H and O–H groups in total. The molecule has 0 unspecified atom stereocenters. The molecule has 0 heterocycles. The minimum atomic E-state index is -0.811. The first-order valence-electron chi connectivity index (χ1n) is 6.69. The minimum absolute atomic E-state index is 0.128. The van der Waals surface area contributed by atoms with Gasteiger partial charge in [0.2, 0.25) is 5.91 Å². The molecule has 0 aliphatic heterocycles. The van der Waals surface area contributed by atoms with Crippen LogP contribution in [0.5, 0.6) is 0 Å². The van der Waals surface area contributed by atoms with Gasteiger partial charge in [-0.25, -0.2) is 0 Å². The van der Waals surface area contributed by atoms with Crippen molar-refractivity contribution >= 4 is 5.91 Å². The number of carbonyl (C=O) groups is 1. The van der Waals surface area contributed by atoms with Crippen LogP contribution >= 0.6 is 0 Å². The number of benzene rings is 1. The van der Waals surface area contributed by atoms with Gasteiger partial charge in [0.25, 0.3) is 0 Å². The number of rotatable bonds is 8. The summed E-state index contributed by atoms with van der Waals surface area (Å²) in [5.74, 6) is -0.128. The molecule has 4 nitrogen and oxygen atoms in total. The lowest BCUT2D eigenvalue weighted by atomic mass is 10.1. The molecule has 0 bridgehead atoms. The summed E-state index contributed by atoms with van der Waals surface area (Å²) in [5.41, 5.74) is 6.13. The highest BCUT2D eigenvalue weighted by molar-refractivity contribution is 5.84. The van der Waals surface area contributed by atoms with Gasteiger partial charge in [-0.1, -0.05) is 30.3 Å². The normalized spacial score (nSPS) is 11.3. The average molecular weight is 264 g/mol. The highest BCUT2D eigenvalue weighted by Gasteiger charge is 2.20. The summed E-state index contributed by atoms with van der Waals surface area (Å²) in [6.45, 7) is 5.35. The van der Waals surface area contributed by atoms with E-state index in [0.717, 1.165) is 12.8 Å². The van der Waals surface area contributed by atoms with Gasteiger partial charge in [0.05, 0.1) is 12.1 Å². The van der Waals surface area contributed by atoms with Gasteiger partial charge in [0.1, 0.15) is 0 Å². The fourth-order valence-corrected chi connectivity index (χ4v) is 1.54. The molecule has 0 spiro atoms. The van der Waals surface area contributed by atoms with Gasteiger partial charge in [-0.3, -0.25) is 4.79 Å². The maximum absolute atomic E-state index is 11.5. The van der Waals surface area contributed by atoms with Crippen molar-refractivity contribution in [2.45, 2.75) is 32.2 Å². The Morgan fingerprint density at radius 1 is 1.26 bits per heavy atom. The third kappa shape index (κ3) is 6.94. The molecule has 0 atom stereocenters. The fourth-order valence-electron chi connectivity index (χ4n) is 1.54. The quantitative estimate of drug-likeness (QED) is 0.699. The van der Waals surface area contributed by atoms with Crippen molar-refractivity contribution < 1.29 is 9.53 Å². The van der Waals surface area contributed by atoms with E-state index in [4.69, 9.17) is 10.5 Å². The van der Waals surface area contributed by atoms with E-state index in [1.54, 1.807) is 13.8 Å². The standard InChI is InChI=1S/C15H24N2O2/c1-15(2,16)14(18)17-10-6-11-19-12-9-13-7-4-3-5-8-13/h3-5,7-8H,6,9-12,16H2,1-2H3,(H,17,18). The molecule has 0 saturated heterocycles. The third-order valence-electron chi connectivity index (χ3n) is 2.71. The molecule has 1 aromatic carbocycles. The second kappa shape index (κ2) is 7.92. The molecular weight excluding hydrogens is 240 g/mol. The number of nitrogens with one attached hydrogen (secondary N) is 1. The molecule has 0 aliphatic carbocycles. The van der Waals surface area contributed by atoms with Crippen LogP contribution in [0.25, 0.3) is 0 Å². The maximum atomic E-state index is 11.5. The minimum Gasteiger partial charge on any atom is -0.381 e. The summed E-state index contributed by atoms with van der Waals surface area (Å²) in [6.07, 6.45) is 1.72. The molecule has 0 fully saturated rings. The van der Waals surface area contributed by atoms with Gasteiger partial charge in [-0.05, 0) is 32.3 Å². The molecule has 0 aromatic heterocycles. The van der Waals surface area contributed by atoms with Crippen LogP contribution in [0.4, 0.5) is 0 Å². The van der Waals surface area contributed by atoms with Crippen molar-refractivity contribution in [1.82, 2.24) is 5.32 Å². The van der Waals surface area contributed by atoms with Crippen LogP contribution in [0.3, 0.4) is 0 Å². The third-order valence-corrected chi connectivity index (χ3v) is 2.71.